The van der Waals surface area contributed by atoms with Gasteiger partial charge in [-0.3, -0.25) is 4.79 Å². The number of rotatable bonds is 4. The molecule has 3 rings (SSSR count). The fourth-order valence-corrected chi connectivity index (χ4v) is 5.30. The normalized spacial score (nSPS) is 21.9. The summed E-state index contributed by atoms with van der Waals surface area (Å²) in [6.45, 7) is 2.19. The van der Waals surface area contributed by atoms with E-state index in [1.165, 1.54) is 4.31 Å². The summed E-state index contributed by atoms with van der Waals surface area (Å²) in [6.07, 6.45) is 3.10. The van der Waals surface area contributed by atoms with Crippen molar-refractivity contribution in [3.8, 4) is 0 Å². The molecule has 1 aromatic rings. The molecule has 1 aromatic carbocycles. The molecule has 1 spiro atoms. The topological polar surface area (TPSA) is 60.9 Å². The molecule has 6 nitrogen and oxygen atoms in total. The third-order valence-corrected chi connectivity index (χ3v) is 7.55. The highest BCUT2D eigenvalue weighted by molar-refractivity contribution is 7.86. The average Bonchev–Trinajstić information content (AvgIpc) is 2.60. The van der Waals surface area contributed by atoms with Crippen molar-refractivity contribution in [2.24, 2.45) is 5.41 Å². The average molecular weight is 365 g/mol. The van der Waals surface area contributed by atoms with Crippen LogP contribution in [0.3, 0.4) is 0 Å². The molecule has 2 aliphatic heterocycles. The molecule has 1 amide bonds. The van der Waals surface area contributed by atoms with Crippen LogP contribution in [-0.4, -0.2) is 61.6 Å². The summed E-state index contributed by atoms with van der Waals surface area (Å²) in [4.78, 5) is 13.5. The standard InChI is InChI=1S/C18H27N3O3S/c1-19-15-18(9-8-17(19)22)10-12-21(13-11-18)25(23,24)20(2)14-16-6-4-3-5-7-16/h3-7H,8-15H2,1-2H3. The number of nitrogens with zero attached hydrogens (tertiary/aromatic N) is 3. The maximum atomic E-state index is 12.9. The van der Waals surface area contributed by atoms with E-state index in [0.29, 0.717) is 26.1 Å². The number of hydrogen-bond acceptors (Lipinski definition) is 3. The molecule has 0 bridgehead atoms. The molecule has 25 heavy (non-hydrogen) atoms. The van der Waals surface area contributed by atoms with Gasteiger partial charge >= 0.3 is 0 Å². The first-order valence-corrected chi connectivity index (χ1v) is 10.2. The minimum Gasteiger partial charge on any atom is -0.345 e. The molecule has 0 saturated carbocycles. The summed E-state index contributed by atoms with van der Waals surface area (Å²) in [5, 5.41) is 0. The lowest BCUT2D eigenvalue weighted by Gasteiger charge is -2.46. The zero-order valence-electron chi connectivity index (χ0n) is 15.0. The Balaban J connectivity index is 1.62. The molecule has 0 aromatic heterocycles. The first kappa shape index (κ1) is 18.4. The Morgan fingerprint density at radius 1 is 1.12 bits per heavy atom. The van der Waals surface area contributed by atoms with Crippen molar-refractivity contribution in [1.82, 2.24) is 13.5 Å². The van der Waals surface area contributed by atoms with Crippen molar-refractivity contribution in [3.63, 3.8) is 0 Å². The zero-order valence-corrected chi connectivity index (χ0v) is 15.8. The van der Waals surface area contributed by atoms with Crippen LogP contribution in [0.25, 0.3) is 0 Å². The minimum atomic E-state index is -3.45. The summed E-state index contributed by atoms with van der Waals surface area (Å²) >= 11 is 0. The Morgan fingerprint density at radius 3 is 2.36 bits per heavy atom. The Hall–Kier alpha value is -1.44. The lowest BCUT2D eigenvalue weighted by atomic mass is 9.73. The highest BCUT2D eigenvalue weighted by Crippen LogP contribution is 2.40. The number of likely N-dealkylation sites (tertiary alicyclic amines) is 1. The molecule has 7 heteroatoms. The fraction of sp³-hybridized carbons (Fsp3) is 0.611. The third kappa shape index (κ3) is 3.88. The summed E-state index contributed by atoms with van der Waals surface area (Å²) in [6, 6.07) is 9.63. The number of carbonyl (C=O) groups excluding carboxylic acids is 1. The highest BCUT2D eigenvalue weighted by atomic mass is 32.2. The Kier molecular flexibility index (Phi) is 5.18. The van der Waals surface area contributed by atoms with E-state index in [2.05, 4.69) is 0 Å². The summed E-state index contributed by atoms with van der Waals surface area (Å²) in [7, 11) is 0.0321. The van der Waals surface area contributed by atoms with Gasteiger partial charge < -0.3 is 4.90 Å². The number of hydrogen-bond donors (Lipinski definition) is 0. The van der Waals surface area contributed by atoms with Crippen molar-refractivity contribution < 1.29 is 13.2 Å². The summed E-state index contributed by atoms with van der Waals surface area (Å²) < 4.78 is 28.8. The van der Waals surface area contributed by atoms with Gasteiger partial charge in [-0.2, -0.15) is 17.0 Å². The first-order chi connectivity index (χ1) is 11.8. The van der Waals surface area contributed by atoms with Crippen molar-refractivity contribution in [2.75, 3.05) is 33.7 Å². The van der Waals surface area contributed by atoms with E-state index in [4.69, 9.17) is 0 Å². The number of amides is 1. The van der Waals surface area contributed by atoms with Crippen LogP contribution in [0.4, 0.5) is 0 Å². The molecular formula is C18H27N3O3S. The largest absolute Gasteiger partial charge is 0.345 e. The lowest BCUT2D eigenvalue weighted by Crippen LogP contribution is -2.53. The van der Waals surface area contributed by atoms with E-state index in [-0.39, 0.29) is 11.3 Å². The third-order valence-electron chi connectivity index (χ3n) is 5.62. The van der Waals surface area contributed by atoms with Crippen molar-refractivity contribution >= 4 is 16.1 Å². The Labute approximate surface area is 150 Å². The zero-order chi connectivity index (χ0) is 18.1. The number of carbonyl (C=O) groups is 1. The van der Waals surface area contributed by atoms with Crippen molar-refractivity contribution in [2.45, 2.75) is 32.2 Å². The number of benzene rings is 1. The minimum absolute atomic E-state index is 0.0900. The van der Waals surface area contributed by atoms with Gasteiger partial charge in [-0.25, -0.2) is 0 Å². The van der Waals surface area contributed by atoms with Crippen LogP contribution in [0.2, 0.25) is 0 Å². The maximum Gasteiger partial charge on any atom is 0.282 e. The fourth-order valence-electron chi connectivity index (χ4n) is 3.95. The van der Waals surface area contributed by atoms with E-state index in [1.807, 2.05) is 37.4 Å². The van der Waals surface area contributed by atoms with Crippen LogP contribution in [0.15, 0.2) is 30.3 Å². The molecule has 0 radical (unpaired) electrons. The van der Waals surface area contributed by atoms with Gasteiger partial charge in [-0.05, 0) is 30.2 Å². The van der Waals surface area contributed by atoms with Gasteiger partial charge in [0.2, 0.25) is 5.91 Å². The van der Waals surface area contributed by atoms with Gasteiger partial charge in [0, 0.05) is 46.7 Å². The van der Waals surface area contributed by atoms with Gasteiger partial charge in [0.05, 0.1) is 0 Å². The Bertz CT molecular complexity index is 712. The van der Waals surface area contributed by atoms with Crippen LogP contribution in [-0.2, 0) is 21.5 Å². The molecule has 2 saturated heterocycles. The Morgan fingerprint density at radius 2 is 1.76 bits per heavy atom. The van der Waals surface area contributed by atoms with Crippen molar-refractivity contribution in [1.29, 1.82) is 0 Å². The van der Waals surface area contributed by atoms with Crippen LogP contribution < -0.4 is 0 Å². The first-order valence-electron chi connectivity index (χ1n) is 8.82. The van der Waals surface area contributed by atoms with Gasteiger partial charge in [-0.1, -0.05) is 30.3 Å². The SMILES string of the molecule is CN1CC2(CCC1=O)CCN(S(=O)(=O)N(C)Cc1ccccc1)CC2. The van der Waals surface area contributed by atoms with E-state index in [0.717, 1.165) is 31.4 Å². The second-order valence-electron chi connectivity index (χ2n) is 7.40. The van der Waals surface area contributed by atoms with E-state index in [1.54, 1.807) is 16.3 Å². The second-order valence-corrected chi connectivity index (χ2v) is 9.43. The molecule has 0 aliphatic carbocycles. The van der Waals surface area contributed by atoms with E-state index in [9.17, 15) is 13.2 Å². The summed E-state index contributed by atoms with van der Waals surface area (Å²) in [5.41, 5.74) is 1.07. The molecule has 2 aliphatic rings. The maximum absolute atomic E-state index is 12.9. The molecule has 0 atom stereocenters. The van der Waals surface area contributed by atoms with Crippen LogP contribution in [0, 0.1) is 5.41 Å². The smallest absolute Gasteiger partial charge is 0.282 e. The van der Waals surface area contributed by atoms with E-state index < -0.39 is 10.2 Å². The molecule has 0 unspecified atom stereocenters. The van der Waals surface area contributed by atoms with Crippen LogP contribution >= 0.6 is 0 Å². The van der Waals surface area contributed by atoms with E-state index >= 15 is 0 Å². The molecular weight excluding hydrogens is 338 g/mol. The molecule has 2 heterocycles. The van der Waals surface area contributed by atoms with Crippen LogP contribution in [0.5, 0.6) is 0 Å². The van der Waals surface area contributed by atoms with Gasteiger partial charge in [0.15, 0.2) is 0 Å². The van der Waals surface area contributed by atoms with Crippen molar-refractivity contribution in [3.05, 3.63) is 35.9 Å². The second kappa shape index (κ2) is 7.05. The van der Waals surface area contributed by atoms with Gasteiger partial charge in [0.25, 0.3) is 10.2 Å². The van der Waals surface area contributed by atoms with Gasteiger partial charge in [-0.15, -0.1) is 0 Å². The monoisotopic (exact) mass is 365 g/mol. The summed E-state index contributed by atoms with van der Waals surface area (Å²) in [5.74, 6) is 0.197. The predicted octanol–water partition coefficient (Wildman–Crippen LogP) is 1.70. The van der Waals surface area contributed by atoms with Crippen LogP contribution in [0.1, 0.15) is 31.2 Å². The molecule has 2 fully saturated rings. The highest BCUT2D eigenvalue weighted by Gasteiger charge is 2.42. The van der Waals surface area contributed by atoms with Gasteiger partial charge in [0.1, 0.15) is 0 Å². The quantitative estimate of drug-likeness (QED) is 0.816. The lowest BCUT2D eigenvalue weighted by molar-refractivity contribution is -0.136. The molecule has 0 N–H and O–H groups in total. The predicted molar refractivity (Wildman–Crippen MR) is 96.9 cm³/mol. The molecule has 138 valence electrons. The number of piperidine rings is 2.